The van der Waals surface area contributed by atoms with Crippen molar-refractivity contribution in [1.82, 2.24) is 10.6 Å². The average molecular weight is 302 g/mol. The van der Waals surface area contributed by atoms with Crippen LogP contribution in [0.1, 0.15) is 18.4 Å². The number of hydrogen-bond acceptors (Lipinski definition) is 3. The summed E-state index contributed by atoms with van der Waals surface area (Å²) in [7, 11) is 0. The van der Waals surface area contributed by atoms with Gasteiger partial charge in [-0.15, -0.1) is 0 Å². The number of hydrogen-bond donors (Lipinski definition) is 2. The standard InChI is InChI=1S/C14H17F3N2O2/c15-14(16,17)10-3-1-4-11(9-10)21-8-7-19-13(20)12-5-2-6-18-12/h1,3-4,9,12,18H,2,5-8H2,(H,19,20). The van der Waals surface area contributed by atoms with Gasteiger partial charge in [-0.2, -0.15) is 13.2 Å². The number of halogens is 3. The van der Waals surface area contributed by atoms with E-state index in [0.717, 1.165) is 31.5 Å². The molecule has 0 saturated carbocycles. The van der Waals surface area contributed by atoms with Gasteiger partial charge in [-0.05, 0) is 37.6 Å². The third kappa shape index (κ3) is 4.63. The highest BCUT2D eigenvalue weighted by Crippen LogP contribution is 2.31. The number of carbonyl (C=O) groups is 1. The van der Waals surface area contributed by atoms with E-state index in [4.69, 9.17) is 4.74 Å². The third-order valence-electron chi connectivity index (χ3n) is 3.21. The van der Waals surface area contributed by atoms with Gasteiger partial charge in [0, 0.05) is 0 Å². The van der Waals surface area contributed by atoms with Crippen molar-refractivity contribution in [1.29, 1.82) is 0 Å². The molecule has 0 bridgehead atoms. The lowest BCUT2D eigenvalue weighted by Crippen LogP contribution is -2.41. The van der Waals surface area contributed by atoms with Crippen LogP contribution in [0.5, 0.6) is 5.75 Å². The molecular formula is C14H17F3N2O2. The molecule has 21 heavy (non-hydrogen) atoms. The lowest BCUT2D eigenvalue weighted by molar-refractivity contribution is -0.137. The second kappa shape index (κ2) is 6.80. The highest BCUT2D eigenvalue weighted by Gasteiger charge is 2.30. The number of benzene rings is 1. The van der Waals surface area contributed by atoms with Crippen LogP contribution in [0.15, 0.2) is 24.3 Å². The van der Waals surface area contributed by atoms with Gasteiger partial charge >= 0.3 is 6.18 Å². The number of ether oxygens (including phenoxy) is 1. The van der Waals surface area contributed by atoms with Gasteiger partial charge in [-0.1, -0.05) is 6.07 Å². The predicted molar refractivity (Wildman–Crippen MR) is 71.0 cm³/mol. The molecule has 2 rings (SSSR count). The maximum Gasteiger partial charge on any atom is 0.416 e. The van der Waals surface area contributed by atoms with Crippen LogP contribution in [0.3, 0.4) is 0 Å². The van der Waals surface area contributed by atoms with Crippen LogP contribution in [0, 0.1) is 0 Å². The summed E-state index contributed by atoms with van der Waals surface area (Å²) in [6, 6.07) is 4.51. The Labute approximate surface area is 120 Å². The van der Waals surface area contributed by atoms with Gasteiger partial charge in [0.15, 0.2) is 0 Å². The fourth-order valence-corrected chi connectivity index (χ4v) is 2.14. The first-order valence-corrected chi connectivity index (χ1v) is 6.78. The minimum absolute atomic E-state index is 0.0971. The van der Waals surface area contributed by atoms with Crippen molar-refractivity contribution < 1.29 is 22.7 Å². The number of carbonyl (C=O) groups excluding carboxylic acids is 1. The SMILES string of the molecule is O=C(NCCOc1cccc(C(F)(F)F)c1)C1CCCN1. The molecule has 2 N–H and O–H groups in total. The van der Waals surface area contributed by atoms with E-state index < -0.39 is 11.7 Å². The van der Waals surface area contributed by atoms with Crippen LogP contribution < -0.4 is 15.4 Å². The zero-order valence-electron chi connectivity index (χ0n) is 11.4. The highest BCUT2D eigenvalue weighted by atomic mass is 19.4. The molecule has 0 aromatic heterocycles. The molecule has 1 saturated heterocycles. The molecule has 116 valence electrons. The Bertz CT molecular complexity index is 485. The molecule has 1 aliphatic rings. The van der Waals surface area contributed by atoms with E-state index in [2.05, 4.69) is 10.6 Å². The molecule has 1 fully saturated rings. The molecule has 1 aliphatic heterocycles. The molecule has 7 heteroatoms. The minimum Gasteiger partial charge on any atom is -0.492 e. The predicted octanol–water partition coefficient (Wildman–Crippen LogP) is 1.95. The molecule has 1 heterocycles. The zero-order chi connectivity index (χ0) is 15.3. The minimum atomic E-state index is -4.39. The Morgan fingerprint density at radius 3 is 2.90 bits per heavy atom. The van der Waals surface area contributed by atoms with Crippen molar-refractivity contribution in [3.8, 4) is 5.75 Å². The van der Waals surface area contributed by atoms with Gasteiger partial charge in [-0.3, -0.25) is 4.79 Å². The molecule has 1 aromatic rings. The molecular weight excluding hydrogens is 285 g/mol. The fourth-order valence-electron chi connectivity index (χ4n) is 2.14. The third-order valence-corrected chi connectivity index (χ3v) is 3.21. The fraction of sp³-hybridized carbons (Fsp3) is 0.500. The quantitative estimate of drug-likeness (QED) is 0.818. The number of rotatable bonds is 5. The molecule has 1 unspecified atom stereocenters. The van der Waals surface area contributed by atoms with Crippen LogP contribution in [-0.2, 0) is 11.0 Å². The lowest BCUT2D eigenvalue weighted by atomic mass is 10.2. The monoisotopic (exact) mass is 302 g/mol. The summed E-state index contributed by atoms with van der Waals surface area (Å²) in [6.07, 6.45) is -2.61. The molecule has 0 aliphatic carbocycles. The summed E-state index contributed by atoms with van der Waals surface area (Å²) in [4.78, 5) is 11.7. The first kappa shape index (κ1) is 15.6. The van der Waals surface area contributed by atoms with Gasteiger partial charge in [0.2, 0.25) is 5.91 Å². The molecule has 0 radical (unpaired) electrons. The van der Waals surface area contributed by atoms with Crippen molar-refractivity contribution in [2.45, 2.75) is 25.1 Å². The molecule has 1 amide bonds. The van der Waals surface area contributed by atoms with Crippen LogP contribution in [0.2, 0.25) is 0 Å². The first-order chi connectivity index (χ1) is 9.97. The van der Waals surface area contributed by atoms with Gasteiger partial charge < -0.3 is 15.4 Å². The first-order valence-electron chi connectivity index (χ1n) is 6.78. The summed E-state index contributed by atoms with van der Waals surface area (Å²) in [5.41, 5.74) is -0.751. The molecule has 1 aromatic carbocycles. The van der Waals surface area contributed by atoms with Crippen LogP contribution in [0.25, 0.3) is 0 Å². The largest absolute Gasteiger partial charge is 0.492 e. The topological polar surface area (TPSA) is 50.4 Å². The van der Waals surface area contributed by atoms with Crippen molar-refractivity contribution in [2.24, 2.45) is 0 Å². The highest BCUT2D eigenvalue weighted by molar-refractivity contribution is 5.81. The summed E-state index contributed by atoms with van der Waals surface area (Å²) in [6.45, 7) is 1.21. The average Bonchev–Trinajstić information content (AvgIpc) is 2.97. The van der Waals surface area contributed by atoms with Crippen molar-refractivity contribution >= 4 is 5.91 Å². The van der Waals surface area contributed by atoms with Crippen molar-refractivity contribution in [3.63, 3.8) is 0 Å². The van der Waals surface area contributed by atoms with E-state index in [1.807, 2.05) is 0 Å². The van der Waals surface area contributed by atoms with E-state index >= 15 is 0 Å². The second-order valence-corrected chi connectivity index (χ2v) is 4.81. The summed E-state index contributed by atoms with van der Waals surface area (Å²) in [5, 5.41) is 5.75. The number of alkyl halides is 3. The maximum atomic E-state index is 12.5. The van der Waals surface area contributed by atoms with Crippen molar-refractivity contribution in [3.05, 3.63) is 29.8 Å². The van der Waals surface area contributed by atoms with Crippen molar-refractivity contribution in [2.75, 3.05) is 19.7 Å². The Morgan fingerprint density at radius 2 is 2.24 bits per heavy atom. The summed E-state index contributed by atoms with van der Waals surface area (Å²) in [5.74, 6) is 0.0400. The van der Waals surface area contributed by atoms with E-state index in [-0.39, 0.29) is 30.9 Å². The van der Waals surface area contributed by atoms with E-state index in [1.165, 1.54) is 12.1 Å². The Hall–Kier alpha value is -1.76. The molecule has 1 atom stereocenters. The van der Waals surface area contributed by atoms with Crippen LogP contribution >= 0.6 is 0 Å². The Morgan fingerprint density at radius 1 is 1.43 bits per heavy atom. The molecule has 4 nitrogen and oxygen atoms in total. The van der Waals surface area contributed by atoms with Crippen LogP contribution in [0.4, 0.5) is 13.2 Å². The summed E-state index contributed by atoms with van der Waals surface area (Å²) >= 11 is 0. The maximum absolute atomic E-state index is 12.5. The lowest BCUT2D eigenvalue weighted by Gasteiger charge is -2.12. The number of amides is 1. The summed E-state index contributed by atoms with van der Waals surface area (Å²) < 4.78 is 42.8. The zero-order valence-corrected chi connectivity index (χ0v) is 11.4. The van der Waals surface area contributed by atoms with Crippen LogP contribution in [-0.4, -0.2) is 31.6 Å². The van der Waals surface area contributed by atoms with E-state index in [9.17, 15) is 18.0 Å². The van der Waals surface area contributed by atoms with Gasteiger partial charge in [0.05, 0.1) is 18.2 Å². The second-order valence-electron chi connectivity index (χ2n) is 4.81. The van der Waals surface area contributed by atoms with Gasteiger partial charge in [-0.25, -0.2) is 0 Å². The normalized spacial score (nSPS) is 18.5. The Balaban J connectivity index is 1.74. The van der Waals surface area contributed by atoms with E-state index in [1.54, 1.807) is 0 Å². The van der Waals surface area contributed by atoms with Gasteiger partial charge in [0.1, 0.15) is 12.4 Å². The molecule has 0 spiro atoms. The number of nitrogens with one attached hydrogen (secondary N) is 2. The Kier molecular flexibility index (Phi) is 5.06. The van der Waals surface area contributed by atoms with E-state index in [0.29, 0.717) is 0 Å². The van der Waals surface area contributed by atoms with Gasteiger partial charge in [0.25, 0.3) is 0 Å². The smallest absolute Gasteiger partial charge is 0.416 e.